The molecule has 0 aromatic rings. The topological polar surface area (TPSA) is 54.4 Å². The van der Waals surface area contributed by atoms with Gasteiger partial charge in [-0.1, -0.05) is 64.0 Å². The van der Waals surface area contributed by atoms with E-state index in [2.05, 4.69) is 19.1 Å². The van der Waals surface area contributed by atoms with E-state index < -0.39 is 5.97 Å². The molecule has 0 amide bonds. The average Bonchev–Trinajstić information content (AvgIpc) is 2.51. The first-order valence-electron chi connectivity index (χ1n) is 9.55. The summed E-state index contributed by atoms with van der Waals surface area (Å²) in [4.78, 5) is 21.9. The maximum atomic E-state index is 11.6. The fraction of sp³-hybridized carbons (Fsp3) is 0.800. The summed E-state index contributed by atoms with van der Waals surface area (Å²) in [5, 5.41) is 8.53. The predicted octanol–water partition coefficient (Wildman–Crippen LogP) is 6.07. The van der Waals surface area contributed by atoms with Crippen LogP contribution in [0.3, 0.4) is 0 Å². The Balaban J connectivity index is 3.22. The van der Waals surface area contributed by atoms with Gasteiger partial charge >= 0.3 is 5.97 Å². The number of rotatable bonds is 17. The number of allylic oxidation sites excluding steroid dienone is 2. The zero-order valence-corrected chi connectivity index (χ0v) is 15.0. The first kappa shape index (κ1) is 21.9. The summed E-state index contributed by atoms with van der Waals surface area (Å²) in [6, 6.07) is 0. The number of unbranched alkanes of at least 4 members (excludes halogenated alkanes) is 9. The number of ketones is 1. The van der Waals surface area contributed by atoms with Crippen molar-refractivity contribution < 1.29 is 14.7 Å². The third-order valence-corrected chi connectivity index (χ3v) is 4.08. The van der Waals surface area contributed by atoms with Gasteiger partial charge in [-0.2, -0.15) is 0 Å². The molecule has 0 saturated carbocycles. The average molecular weight is 325 g/mol. The van der Waals surface area contributed by atoms with E-state index in [0.29, 0.717) is 18.6 Å². The molecular formula is C20H36O3. The normalized spacial score (nSPS) is 11.2. The molecule has 0 aliphatic heterocycles. The van der Waals surface area contributed by atoms with Crippen molar-refractivity contribution in [1.82, 2.24) is 0 Å². The van der Waals surface area contributed by atoms with Crippen LogP contribution in [0.5, 0.6) is 0 Å². The second-order valence-electron chi connectivity index (χ2n) is 6.41. The Labute approximate surface area is 142 Å². The molecule has 0 spiro atoms. The van der Waals surface area contributed by atoms with E-state index in [0.717, 1.165) is 44.9 Å². The summed E-state index contributed by atoms with van der Waals surface area (Å²) < 4.78 is 0. The molecule has 0 fully saturated rings. The minimum absolute atomic E-state index is 0.311. The molecule has 0 aromatic heterocycles. The highest BCUT2D eigenvalue weighted by Crippen LogP contribution is 2.10. The summed E-state index contributed by atoms with van der Waals surface area (Å²) in [6.45, 7) is 2.16. The second kappa shape index (κ2) is 17.2. The van der Waals surface area contributed by atoms with E-state index in [1.54, 1.807) is 0 Å². The minimum atomic E-state index is -0.681. The van der Waals surface area contributed by atoms with Gasteiger partial charge in [0, 0.05) is 19.3 Å². The molecule has 0 aliphatic rings. The Hall–Kier alpha value is -1.12. The summed E-state index contributed by atoms with van der Waals surface area (Å²) in [5.74, 6) is -0.273. The monoisotopic (exact) mass is 324 g/mol. The molecule has 0 radical (unpaired) electrons. The van der Waals surface area contributed by atoms with Crippen molar-refractivity contribution in [2.75, 3.05) is 0 Å². The second-order valence-corrected chi connectivity index (χ2v) is 6.41. The van der Waals surface area contributed by atoms with Crippen LogP contribution in [0.1, 0.15) is 103 Å². The Morgan fingerprint density at radius 1 is 0.696 bits per heavy atom. The zero-order chi connectivity index (χ0) is 17.2. The van der Waals surface area contributed by atoms with E-state index in [1.807, 2.05) is 0 Å². The molecule has 1 N–H and O–H groups in total. The molecule has 23 heavy (non-hydrogen) atoms. The molecule has 0 unspecified atom stereocenters. The highest BCUT2D eigenvalue weighted by Gasteiger charge is 1.99. The van der Waals surface area contributed by atoms with Crippen LogP contribution in [0.2, 0.25) is 0 Å². The Morgan fingerprint density at radius 2 is 1.26 bits per heavy atom. The Morgan fingerprint density at radius 3 is 1.91 bits per heavy atom. The maximum Gasteiger partial charge on any atom is 0.303 e. The summed E-state index contributed by atoms with van der Waals surface area (Å²) in [5.41, 5.74) is 0. The van der Waals surface area contributed by atoms with Crippen molar-refractivity contribution in [3.63, 3.8) is 0 Å². The van der Waals surface area contributed by atoms with Crippen molar-refractivity contribution in [3.05, 3.63) is 12.2 Å². The van der Waals surface area contributed by atoms with Crippen molar-refractivity contribution in [3.8, 4) is 0 Å². The lowest BCUT2D eigenvalue weighted by molar-refractivity contribution is -0.137. The van der Waals surface area contributed by atoms with Crippen LogP contribution >= 0.6 is 0 Å². The van der Waals surface area contributed by atoms with Crippen molar-refractivity contribution in [1.29, 1.82) is 0 Å². The number of hydrogen-bond acceptors (Lipinski definition) is 2. The van der Waals surface area contributed by atoms with Crippen LogP contribution in [-0.2, 0) is 9.59 Å². The molecule has 134 valence electrons. The van der Waals surface area contributed by atoms with Crippen LogP contribution in [0.15, 0.2) is 12.2 Å². The van der Waals surface area contributed by atoms with Crippen LogP contribution in [-0.4, -0.2) is 16.9 Å². The van der Waals surface area contributed by atoms with Crippen LogP contribution in [0.25, 0.3) is 0 Å². The van der Waals surface area contributed by atoms with Gasteiger partial charge in [-0.15, -0.1) is 0 Å². The number of Topliss-reactive ketones (excluding diaryl/α,β-unsaturated/α-hetero) is 1. The van der Waals surface area contributed by atoms with Crippen molar-refractivity contribution >= 4 is 11.8 Å². The van der Waals surface area contributed by atoms with Gasteiger partial charge in [0.2, 0.25) is 0 Å². The molecule has 0 aliphatic carbocycles. The SMILES string of the molecule is CCCCCC(=O)CCC=CCCCCCCCCCC(=O)O. The first-order chi connectivity index (χ1) is 11.2. The molecular weight excluding hydrogens is 288 g/mol. The molecule has 0 atom stereocenters. The maximum absolute atomic E-state index is 11.6. The van der Waals surface area contributed by atoms with Crippen LogP contribution < -0.4 is 0 Å². The zero-order valence-electron chi connectivity index (χ0n) is 15.0. The van der Waals surface area contributed by atoms with E-state index >= 15 is 0 Å². The molecule has 0 bridgehead atoms. The summed E-state index contributed by atoms with van der Waals surface area (Å²) in [7, 11) is 0. The lowest BCUT2D eigenvalue weighted by Crippen LogP contribution is -1.96. The molecule has 3 nitrogen and oxygen atoms in total. The van der Waals surface area contributed by atoms with Crippen molar-refractivity contribution in [2.45, 2.75) is 103 Å². The van der Waals surface area contributed by atoms with E-state index in [1.165, 1.54) is 38.5 Å². The predicted molar refractivity (Wildman–Crippen MR) is 96.7 cm³/mol. The fourth-order valence-electron chi connectivity index (χ4n) is 2.60. The Kier molecular flexibility index (Phi) is 16.4. The smallest absolute Gasteiger partial charge is 0.303 e. The van der Waals surface area contributed by atoms with Crippen LogP contribution in [0, 0.1) is 0 Å². The number of aliphatic carboxylic acids is 1. The largest absolute Gasteiger partial charge is 0.481 e. The van der Waals surface area contributed by atoms with Gasteiger partial charge < -0.3 is 5.11 Å². The lowest BCUT2D eigenvalue weighted by Gasteiger charge is -2.00. The number of carboxylic acid groups (broad SMARTS) is 1. The first-order valence-corrected chi connectivity index (χ1v) is 9.55. The van der Waals surface area contributed by atoms with Crippen molar-refractivity contribution in [2.24, 2.45) is 0 Å². The third-order valence-electron chi connectivity index (χ3n) is 4.08. The number of carboxylic acids is 1. The van der Waals surface area contributed by atoms with Gasteiger partial charge in [0.1, 0.15) is 5.78 Å². The van der Waals surface area contributed by atoms with Gasteiger partial charge in [0.15, 0.2) is 0 Å². The fourth-order valence-corrected chi connectivity index (χ4v) is 2.60. The third kappa shape index (κ3) is 18.8. The van der Waals surface area contributed by atoms with Gasteiger partial charge in [-0.25, -0.2) is 0 Å². The van der Waals surface area contributed by atoms with E-state index in [9.17, 15) is 9.59 Å². The van der Waals surface area contributed by atoms with Gasteiger partial charge in [0.25, 0.3) is 0 Å². The van der Waals surface area contributed by atoms with Gasteiger partial charge in [-0.3, -0.25) is 9.59 Å². The molecule has 3 heteroatoms. The lowest BCUT2D eigenvalue weighted by atomic mass is 10.1. The quantitative estimate of drug-likeness (QED) is 0.261. The molecule has 0 aromatic carbocycles. The molecule has 0 rings (SSSR count). The van der Waals surface area contributed by atoms with E-state index in [-0.39, 0.29) is 0 Å². The summed E-state index contributed by atoms with van der Waals surface area (Å²) in [6.07, 6.45) is 19.5. The number of carbonyl (C=O) groups is 2. The highest BCUT2D eigenvalue weighted by atomic mass is 16.4. The summed E-state index contributed by atoms with van der Waals surface area (Å²) >= 11 is 0. The Bertz CT molecular complexity index is 321. The number of carbonyl (C=O) groups excluding carboxylic acids is 1. The van der Waals surface area contributed by atoms with Gasteiger partial charge in [-0.05, 0) is 32.1 Å². The van der Waals surface area contributed by atoms with E-state index in [4.69, 9.17) is 5.11 Å². The molecule has 0 heterocycles. The standard InChI is InChI=1S/C20H36O3/c1-2-3-13-16-19(21)17-14-11-9-7-5-4-6-8-10-12-15-18-20(22)23/h9,11H,2-8,10,12-18H2,1H3,(H,22,23). The minimum Gasteiger partial charge on any atom is -0.481 e. The highest BCUT2D eigenvalue weighted by molar-refractivity contribution is 5.78. The van der Waals surface area contributed by atoms with Crippen LogP contribution in [0.4, 0.5) is 0 Å². The van der Waals surface area contributed by atoms with Gasteiger partial charge in [0.05, 0.1) is 0 Å². The number of hydrogen-bond donors (Lipinski definition) is 1. The molecule has 0 saturated heterocycles.